The second-order valence-electron chi connectivity index (χ2n) is 6.66. The van der Waals surface area contributed by atoms with Crippen molar-refractivity contribution in [3.8, 4) is 0 Å². The quantitative estimate of drug-likeness (QED) is 0.834. The summed E-state index contributed by atoms with van der Waals surface area (Å²) in [5.41, 5.74) is 0.797. The molecule has 7 heteroatoms. The summed E-state index contributed by atoms with van der Waals surface area (Å²) in [6, 6.07) is 0.269. The first-order chi connectivity index (χ1) is 10.8. The smallest absolute Gasteiger partial charge is 0.303 e. The maximum atomic E-state index is 12.5. The van der Waals surface area contributed by atoms with Crippen LogP contribution in [0, 0.1) is 6.92 Å². The van der Waals surface area contributed by atoms with Crippen molar-refractivity contribution in [2.75, 3.05) is 13.2 Å². The summed E-state index contributed by atoms with van der Waals surface area (Å²) < 4.78 is 7.26. The van der Waals surface area contributed by atoms with E-state index in [-0.39, 0.29) is 18.4 Å². The fourth-order valence-electron chi connectivity index (χ4n) is 2.80. The summed E-state index contributed by atoms with van der Waals surface area (Å²) in [5, 5.41) is 16.1. The van der Waals surface area contributed by atoms with Crippen LogP contribution in [0.3, 0.4) is 0 Å². The van der Waals surface area contributed by atoms with Crippen LogP contribution in [0.25, 0.3) is 0 Å². The molecule has 0 aliphatic carbocycles. The number of rotatable bonds is 6. The minimum atomic E-state index is -0.865. The van der Waals surface area contributed by atoms with Gasteiger partial charge in [0.25, 0.3) is 5.91 Å². The van der Waals surface area contributed by atoms with Crippen molar-refractivity contribution in [1.29, 1.82) is 0 Å². The number of nitrogens with zero attached hydrogens (tertiary/aromatic N) is 2. The van der Waals surface area contributed by atoms with Crippen LogP contribution < -0.4 is 5.32 Å². The Morgan fingerprint density at radius 2 is 2.09 bits per heavy atom. The van der Waals surface area contributed by atoms with Crippen LogP contribution in [0.1, 0.15) is 61.6 Å². The molecule has 1 fully saturated rings. The van der Waals surface area contributed by atoms with E-state index in [9.17, 15) is 9.59 Å². The van der Waals surface area contributed by atoms with Gasteiger partial charge in [0.1, 0.15) is 0 Å². The molecule has 1 aromatic rings. The lowest BCUT2D eigenvalue weighted by atomic mass is 9.98. The summed E-state index contributed by atoms with van der Waals surface area (Å²) in [6.45, 7) is 6.97. The third kappa shape index (κ3) is 4.54. The SMILES string of the molecule is Cc1c(C(=O)NC(C)(C)CCC(=O)O)cnn1C1CCOCC1. The van der Waals surface area contributed by atoms with Crippen LogP contribution in [-0.4, -0.2) is 45.5 Å². The summed E-state index contributed by atoms with van der Waals surface area (Å²) >= 11 is 0. The first kappa shape index (κ1) is 17.5. The highest BCUT2D eigenvalue weighted by molar-refractivity contribution is 5.95. The number of aromatic nitrogens is 2. The number of ether oxygens (including phenoxy) is 1. The van der Waals surface area contributed by atoms with Crippen LogP contribution >= 0.6 is 0 Å². The average Bonchev–Trinajstić information content (AvgIpc) is 2.87. The molecule has 1 saturated heterocycles. The highest BCUT2D eigenvalue weighted by Gasteiger charge is 2.26. The van der Waals surface area contributed by atoms with Gasteiger partial charge >= 0.3 is 5.97 Å². The van der Waals surface area contributed by atoms with E-state index in [1.807, 2.05) is 25.5 Å². The van der Waals surface area contributed by atoms with Gasteiger partial charge in [-0.15, -0.1) is 0 Å². The van der Waals surface area contributed by atoms with Gasteiger partial charge in [0.05, 0.1) is 17.8 Å². The second-order valence-corrected chi connectivity index (χ2v) is 6.66. The highest BCUT2D eigenvalue weighted by atomic mass is 16.5. The zero-order valence-electron chi connectivity index (χ0n) is 14.0. The van der Waals surface area contributed by atoms with E-state index in [2.05, 4.69) is 10.4 Å². The number of nitrogens with one attached hydrogen (secondary N) is 1. The summed E-state index contributed by atoms with van der Waals surface area (Å²) in [5.74, 6) is -1.08. The van der Waals surface area contributed by atoms with E-state index < -0.39 is 11.5 Å². The van der Waals surface area contributed by atoms with Crippen LogP contribution in [-0.2, 0) is 9.53 Å². The van der Waals surface area contributed by atoms with Gasteiger partial charge in [-0.25, -0.2) is 0 Å². The van der Waals surface area contributed by atoms with Crippen molar-refractivity contribution >= 4 is 11.9 Å². The Hall–Kier alpha value is -1.89. The maximum absolute atomic E-state index is 12.5. The molecule has 1 aromatic heterocycles. The van der Waals surface area contributed by atoms with E-state index in [1.165, 1.54) is 0 Å². The number of carbonyl (C=O) groups is 2. The molecule has 0 unspecified atom stereocenters. The van der Waals surface area contributed by atoms with Crippen LogP contribution in [0.4, 0.5) is 0 Å². The van der Waals surface area contributed by atoms with E-state index in [4.69, 9.17) is 9.84 Å². The topological polar surface area (TPSA) is 93.5 Å². The number of hydrogen-bond acceptors (Lipinski definition) is 4. The van der Waals surface area contributed by atoms with Crippen molar-refractivity contribution in [3.63, 3.8) is 0 Å². The van der Waals surface area contributed by atoms with Gasteiger partial charge in [0.15, 0.2) is 0 Å². The molecule has 0 saturated carbocycles. The lowest BCUT2D eigenvalue weighted by Crippen LogP contribution is -2.43. The lowest BCUT2D eigenvalue weighted by molar-refractivity contribution is -0.137. The summed E-state index contributed by atoms with van der Waals surface area (Å²) in [4.78, 5) is 23.2. The van der Waals surface area contributed by atoms with Gasteiger partial charge < -0.3 is 15.2 Å². The largest absolute Gasteiger partial charge is 0.481 e. The molecular formula is C16H25N3O4. The number of carboxylic acid groups (broad SMARTS) is 1. The number of aliphatic carboxylic acids is 1. The van der Waals surface area contributed by atoms with Crippen molar-refractivity contribution in [2.45, 2.75) is 58.0 Å². The fourth-order valence-corrected chi connectivity index (χ4v) is 2.80. The van der Waals surface area contributed by atoms with Crippen molar-refractivity contribution in [1.82, 2.24) is 15.1 Å². The van der Waals surface area contributed by atoms with Gasteiger partial charge in [-0.1, -0.05) is 0 Å². The standard InChI is InChI=1S/C16H25N3O4/c1-11-13(10-17-19(11)12-5-8-23-9-6-12)15(22)18-16(2,3)7-4-14(20)21/h10,12H,4-9H2,1-3H3,(H,18,22)(H,20,21). The summed E-state index contributed by atoms with van der Waals surface area (Å²) in [6.07, 6.45) is 3.78. The molecule has 0 radical (unpaired) electrons. The molecule has 0 atom stereocenters. The van der Waals surface area contributed by atoms with Crippen LogP contribution in [0.5, 0.6) is 0 Å². The predicted octanol–water partition coefficient (Wildman–Crippen LogP) is 1.92. The lowest BCUT2D eigenvalue weighted by Gasteiger charge is -2.26. The van der Waals surface area contributed by atoms with Crippen LogP contribution in [0.15, 0.2) is 6.20 Å². The Bertz CT molecular complexity index is 574. The van der Waals surface area contributed by atoms with Gasteiger partial charge in [-0.05, 0) is 40.0 Å². The van der Waals surface area contributed by atoms with Crippen molar-refractivity contribution in [3.05, 3.63) is 17.5 Å². The van der Waals surface area contributed by atoms with E-state index in [0.29, 0.717) is 25.2 Å². The van der Waals surface area contributed by atoms with E-state index in [1.54, 1.807) is 6.20 Å². The molecule has 0 bridgehead atoms. The Morgan fingerprint density at radius 3 is 2.70 bits per heavy atom. The molecule has 1 aliphatic heterocycles. The number of hydrogen-bond donors (Lipinski definition) is 2. The molecule has 0 spiro atoms. The van der Waals surface area contributed by atoms with Crippen molar-refractivity contribution in [2.24, 2.45) is 0 Å². The monoisotopic (exact) mass is 323 g/mol. The normalized spacial score (nSPS) is 16.3. The molecular weight excluding hydrogens is 298 g/mol. The number of carboxylic acids is 1. The maximum Gasteiger partial charge on any atom is 0.303 e. The Morgan fingerprint density at radius 1 is 1.43 bits per heavy atom. The second kappa shape index (κ2) is 7.12. The highest BCUT2D eigenvalue weighted by Crippen LogP contribution is 2.23. The molecule has 2 rings (SSSR count). The first-order valence-electron chi connectivity index (χ1n) is 7.96. The Labute approximate surface area is 136 Å². The van der Waals surface area contributed by atoms with Crippen LogP contribution in [0.2, 0.25) is 0 Å². The minimum Gasteiger partial charge on any atom is -0.481 e. The van der Waals surface area contributed by atoms with Crippen molar-refractivity contribution < 1.29 is 19.4 Å². The number of carbonyl (C=O) groups excluding carboxylic acids is 1. The van der Waals surface area contributed by atoms with Gasteiger partial charge in [0, 0.05) is 30.9 Å². The molecule has 1 aliphatic rings. The van der Waals surface area contributed by atoms with E-state index >= 15 is 0 Å². The Kier molecular flexibility index (Phi) is 5.41. The third-order valence-electron chi connectivity index (χ3n) is 4.24. The zero-order chi connectivity index (χ0) is 17.0. The summed E-state index contributed by atoms with van der Waals surface area (Å²) in [7, 11) is 0. The van der Waals surface area contributed by atoms with Gasteiger partial charge in [0.2, 0.25) is 0 Å². The van der Waals surface area contributed by atoms with Gasteiger partial charge in [-0.3, -0.25) is 14.3 Å². The minimum absolute atomic E-state index is 0.0214. The molecule has 23 heavy (non-hydrogen) atoms. The molecule has 2 heterocycles. The zero-order valence-corrected chi connectivity index (χ0v) is 14.0. The molecule has 7 nitrogen and oxygen atoms in total. The van der Waals surface area contributed by atoms with E-state index in [0.717, 1.165) is 18.5 Å². The average molecular weight is 323 g/mol. The first-order valence-corrected chi connectivity index (χ1v) is 7.96. The molecule has 1 amide bonds. The predicted molar refractivity (Wildman–Crippen MR) is 84.5 cm³/mol. The molecule has 128 valence electrons. The third-order valence-corrected chi connectivity index (χ3v) is 4.24. The van der Waals surface area contributed by atoms with Gasteiger partial charge in [-0.2, -0.15) is 5.10 Å². The molecule has 0 aromatic carbocycles. The fraction of sp³-hybridized carbons (Fsp3) is 0.688. The number of amides is 1. The Balaban J connectivity index is 2.05. The molecule has 2 N–H and O–H groups in total.